The predicted octanol–water partition coefficient (Wildman–Crippen LogP) is 0.958. The zero-order valence-corrected chi connectivity index (χ0v) is 14.5. The maximum Gasteiger partial charge on any atom is 0.245 e. The molecule has 0 radical (unpaired) electrons. The maximum atomic E-state index is 12.9. The van der Waals surface area contributed by atoms with E-state index in [-0.39, 0.29) is 17.2 Å². The summed E-state index contributed by atoms with van der Waals surface area (Å²) in [4.78, 5) is 24.4. The number of amides is 2. The molecule has 1 aliphatic heterocycles. The van der Waals surface area contributed by atoms with Crippen molar-refractivity contribution in [1.82, 2.24) is 16.0 Å². The fourth-order valence-electron chi connectivity index (χ4n) is 3.97. The van der Waals surface area contributed by atoms with Crippen LogP contribution in [0.4, 0.5) is 0 Å². The molecule has 132 valence electrons. The second-order valence-electron chi connectivity index (χ2n) is 7.19. The molecule has 2 rings (SSSR count). The minimum Gasteiger partial charge on any atom is -0.384 e. The molecule has 2 amide bonds. The summed E-state index contributed by atoms with van der Waals surface area (Å²) < 4.78 is 5.40. The van der Waals surface area contributed by atoms with Crippen molar-refractivity contribution in [3.63, 3.8) is 0 Å². The number of methoxy groups -OCH3 is 1. The van der Waals surface area contributed by atoms with Crippen LogP contribution in [0.3, 0.4) is 0 Å². The number of hydrogen-bond acceptors (Lipinski definition) is 4. The van der Waals surface area contributed by atoms with Crippen molar-refractivity contribution in [2.24, 2.45) is 5.41 Å². The molecule has 0 atom stereocenters. The van der Waals surface area contributed by atoms with Gasteiger partial charge in [-0.05, 0) is 38.8 Å². The van der Waals surface area contributed by atoms with E-state index >= 15 is 0 Å². The lowest BCUT2D eigenvalue weighted by molar-refractivity contribution is -0.135. The third kappa shape index (κ3) is 4.67. The topological polar surface area (TPSA) is 79.5 Å². The molecule has 0 aromatic heterocycles. The molecule has 23 heavy (non-hydrogen) atoms. The number of carbonyl (C=O) groups excluding carboxylic acids is 2. The first-order valence-electron chi connectivity index (χ1n) is 8.79. The Balaban J connectivity index is 2.01. The van der Waals surface area contributed by atoms with Gasteiger partial charge in [0.05, 0.1) is 6.61 Å². The first kappa shape index (κ1) is 18.2. The van der Waals surface area contributed by atoms with Gasteiger partial charge in [0.2, 0.25) is 11.8 Å². The molecule has 1 heterocycles. The number of nitrogens with one attached hydrogen (secondary N) is 3. The summed E-state index contributed by atoms with van der Waals surface area (Å²) in [6.45, 7) is 4.67. The Bertz CT molecular complexity index is 408. The minimum absolute atomic E-state index is 0.00173. The number of carbonyl (C=O) groups is 2. The Kier molecular flexibility index (Phi) is 6.41. The van der Waals surface area contributed by atoms with E-state index in [0.717, 1.165) is 58.0 Å². The largest absolute Gasteiger partial charge is 0.384 e. The van der Waals surface area contributed by atoms with Crippen LogP contribution in [0.1, 0.15) is 51.9 Å². The van der Waals surface area contributed by atoms with Gasteiger partial charge < -0.3 is 20.7 Å². The summed E-state index contributed by atoms with van der Waals surface area (Å²) in [5.74, 6) is -0.156. The molecule has 0 aromatic rings. The highest BCUT2D eigenvalue weighted by molar-refractivity contribution is 5.91. The standard InChI is InChI=1S/C17H31N3O3/c1-14(21)20-17(6-4-3-5-7-17)15(22)19-12-16(13-23-2)8-10-18-11-9-16/h18H,3-13H2,1-2H3,(H,19,22)(H,20,21). The molecule has 6 heteroatoms. The first-order valence-corrected chi connectivity index (χ1v) is 8.79. The lowest BCUT2D eigenvalue weighted by atomic mass is 9.78. The number of rotatable bonds is 6. The van der Waals surface area contributed by atoms with E-state index in [2.05, 4.69) is 16.0 Å². The van der Waals surface area contributed by atoms with Crippen LogP contribution < -0.4 is 16.0 Å². The third-order valence-electron chi connectivity index (χ3n) is 5.30. The number of piperidine rings is 1. The second-order valence-corrected chi connectivity index (χ2v) is 7.19. The quantitative estimate of drug-likeness (QED) is 0.679. The summed E-state index contributed by atoms with van der Waals surface area (Å²) >= 11 is 0. The Morgan fingerprint density at radius 1 is 1.09 bits per heavy atom. The zero-order valence-electron chi connectivity index (χ0n) is 14.5. The van der Waals surface area contributed by atoms with E-state index in [1.807, 2.05) is 0 Å². The van der Waals surface area contributed by atoms with Crippen molar-refractivity contribution in [2.75, 3.05) is 33.4 Å². The van der Waals surface area contributed by atoms with Gasteiger partial charge in [-0.25, -0.2) is 0 Å². The highest BCUT2D eigenvalue weighted by Gasteiger charge is 2.41. The Morgan fingerprint density at radius 3 is 2.30 bits per heavy atom. The molecule has 2 aliphatic rings. The number of hydrogen-bond donors (Lipinski definition) is 3. The Morgan fingerprint density at radius 2 is 1.74 bits per heavy atom. The lowest BCUT2D eigenvalue weighted by Crippen LogP contribution is -2.61. The Labute approximate surface area is 139 Å². The number of ether oxygens (including phenoxy) is 1. The fourth-order valence-corrected chi connectivity index (χ4v) is 3.97. The molecule has 2 fully saturated rings. The van der Waals surface area contributed by atoms with Crippen LogP contribution in [0.5, 0.6) is 0 Å². The minimum atomic E-state index is -0.717. The summed E-state index contributed by atoms with van der Waals surface area (Å²) in [5.41, 5.74) is -0.715. The summed E-state index contributed by atoms with van der Waals surface area (Å²) in [7, 11) is 1.71. The van der Waals surface area contributed by atoms with Gasteiger partial charge in [0, 0.05) is 26.0 Å². The van der Waals surface area contributed by atoms with Crippen molar-refractivity contribution >= 4 is 11.8 Å². The van der Waals surface area contributed by atoms with Gasteiger partial charge in [-0.15, -0.1) is 0 Å². The highest BCUT2D eigenvalue weighted by Crippen LogP contribution is 2.31. The van der Waals surface area contributed by atoms with Gasteiger partial charge in [-0.2, -0.15) is 0 Å². The average Bonchev–Trinajstić information content (AvgIpc) is 2.54. The molecule has 1 aliphatic carbocycles. The van der Waals surface area contributed by atoms with E-state index in [9.17, 15) is 9.59 Å². The summed E-state index contributed by atoms with van der Waals surface area (Å²) in [5, 5.41) is 9.42. The van der Waals surface area contributed by atoms with Crippen molar-refractivity contribution in [2.45, 2.75) is 57.4 Å². The SMILES string of the molecule is COCC1(CNC(=O)C2(NC(C)=O)CCCCC2)CCNCC1. The van der Waals surface area contributed by atoms with Gasteiger partial charge in [0.15, 0.2) is 0 Å². The van der Waals surface area contributed by atoms with Gasteiger partial charge in [-0.1, -0.05) is 19.3 Å². The smallest absolute Gasteiger partial charge is 0.245 e. The van der Waals surface area contributed by atoms with Gasteiger partial charge in [-0.3, -0.25) is 9.59 Å². The van der Waals surface area contributed by atoms with Crippen LogP contribution in [-0.4, -0.2) is 50.7 Å². The van der Waals surface area contributed by atoms with Crippen LogP contribution >= 0.6 is 0 Å². The molecule has 1 saturated heterocycles. The fraction of sp³-hybridized carbons (Fsp3) is 0.882. The molecule has 0 spiro atoms. The molecule has 0 bridgehead atoms. The summed E-state index contributed by atoms with van der Waals surface area (Å²) in [6.07, 6.45) is 6.56. The zero-order chi connectivity index (χ0) is 16.8. The van der Waals surface area contributed by atoms with Gasteiger partial charge in [0.1, 0.15) is 5.54 Å². The van der Waals surface area contributed by atoms with Crippen molar-refractivity contribution in [3.8, 4) is 0 Å². The lowest BCUT2D eigenvalue weighted by Gasteiger charge is -2.40. The highest BCUT2D eigenvalue weighted by atomic mass is 16.5. The molecule has 0 aromatic carbocycles. The molecular formula is C17H31N3O3. The van der Waals surface area contributed by atoms with Crippen molar-refractivity contribution in [3.05, 3.63) is 0 Å². The Hall–Kier alpha value is -1.14. The third-order valence-corrected chi connectivity index (χ3v) is 5.30. The monoisotopic (exact) mass is 325 g/mol. The molecule has 0 unspecified atom stereocenters. The van der Waals surface area contributed by atoms with E-state index in [4.69, 9.17) is 4.74 Å². The van der Waals surface area contributed by atoms with Gasteiger partial charge in [0.25, 0.3) is 0 Å². The first-order chi connectivity index (χ1) is 11.0. The second kappa shape index (κ2) is 8.11. The van der Waals surface area contributed by atoms with Crippen LogP contribution in [0.15, 0.2) is 0 Å². The maximum absolute atomic E-state index is 12.9. The average molecular weight is 325 g/mol. The molecule has 1 saturated carbocycles. The van der Waals surface area contributed by atoms with Crippen LogP contribution in [0.25, 0.3) is 0 Å². The molecule has 6 nitrogen and oxygen atoms in total. The summed E-state index contributed by atoms with van der Waals surface area (Å²) in [6, 6.07) is 0. The van der Waals surface area contributed by atoms with Crippen LogP contribution in [-0.2, 0) is 14.3 Å². The van der Waals surface area contributed by atoms with Crippen LogP contribution in [0.2, 0.25) is 0 Å². The van der Waals surface area contributed by atoms with E-state index < -0.39 is 5.54 Å². The van der Waals surface area contributed by atoms with Gasteiger partial charge >= 0.3 is 0 Å². The molecular weight excluding hydrogens is 294 g/mol. The van der Waals surface area contributed by atoms with Crippen LogP contribution in [0, 0.1) is 5.41 Å². The predicted molar refractivity (Wildman–Crippen MR) is 89.1 cm³/mol. The van der Waals surface area contributed by atoms with Crippen molar-refractivity contribution < 1.29 is 14.3 Å². The van der Waals surface area contributed by atoms with Crippen molar-refractivity contribution in [1.29, 1.82) is 0 Å². The van der Waals surface area contributed by atoms with E-state index in [1.54, 1.807) is 7.11 Å². The molecule has 3 N–H and O–H groups in total. The van der Waals surface area contributed by atoms with E-state index in [1.165, 1.54) is 6.92 Å². The van der Waals surface area contributed by atoms with E-state index in [0.29, 0.717) is 13.2 Å². The normalized spacial score (nSPS) is 23.0.